The lowest BCUT2D eigenvalue weighted by atomic mass is 9.90. The number of rotatable bonds is 5. The molecule has 0 saturated carbocycles. The molecule has 27 heavy (non-hydrogen) atoms. The number of fused-ring (bicyclic) bond motifs is 1. The van der Waals surface area contributed by atoms with Crippen molar-refractivity contribution in [2.75, 3.05) is 19.7 Å². The Hall–Kier alpha value is -2.95. The summed E-state index contributed by atoms with van der Waals surface area (Å²) in [5.41, 5.74) is 2.19. The molecule has 0 N–H and O–H groups in total. The summed E-state index contributed by atoms with van der Waals surface area (Å²) in [4.78, 5) is 22.8. The number of hydrogen-bond acceptors (Lipinski definition) is 4. The molecule has 0 bridgehead atoms. The first-order chi connectivity index (χ1) is 13.3. The van der Waals surface area contributed by atoms with E-state index < -0.39 is 0 Å². The lowest BCUT2D eigenvalue weighted by molar-refractivity contribution is -0.134. The molecule has 2 heterocycles. The Labute approximate surface area is 159 Å². The molecule has 138 valence electrons. The zero-order chi connectivity index (χ0) is 18.5. The molecule has 1 amide bonds. The number of carbonyl (C=O) groups excluding carboxylic acids is 1. The predicted octanol–water partition coefficient (Wildman–Crippen LogP) is 3.49. The Morgan fingerprint density at radius 1 is 1.00 bits per heavy atom. The van der Waals surface area contributed by atoms with Crippen LogP contribution >= 0.6 is 0 Å². The molecule has 1 aromatic heterocycles. The van der Waals surface area contributed by atoms with E-state index in [0.29, 0.717) is 11.8 Å². The van der Waals surface area contributed by atoms with Crippen molar-refractivity contribution in [3.8, 4) is 5.88 Å². The van der Waals surface area contributed by atoms with Gasteiger partial charge in [0.15, 0.2) is 6.61 Å². The molecule has 1 saturated heterocycles. The molecular formula is C22H23N3O2. The van der Waals surface area contributed by atoms with E-state index in [1.165, 1.54) is 11.9 Å². The molecule has 0 radical (unpaired) electrons. The van der Waals surface area contributed by atoms with Crippen molar-refractivity contribution in [1.82, 2.24) is 14.9 Å². The van der Waals surface area contributed by atoms with Crippen molar-refractivity contribution >= 4 is 16.8 Å². The average molecular weight is 361 g/mol. The standard InChI is InChI=1S/C22H23N3O2/c26-21(15-27-22-19-8-4-5-9-20(19)23-16-24-22)25-12-10-18(11-13-25)14-17-6-2-1-3-7-17/h1-9,16,18H,10-15H2. The summed E-state index contributed by atoms with van der Waals surface area (Å²) >= 11 is 0. The van der Waals surface area contributed by atoms with Crippen LogP contribution in [-0.4, -0.2) is 40.5 Å². The maximum atomic E-state index is 12.5. The highest BCUT2D eigenvalue weighted by Gasteiger charge is 2.23. The van der Waals surface area contributed by atoms with Crippen molar-refractivity contribution in [3.05, 3.63) is 66.5 Å². The molecule has 2 aromatic carbocycles. The van der Waals surface area contributed by atoms with Crippen LogP contribution in [0.5, 0.6) is 5.88 Å². The first-order valence-corrected chi connectivity index (χ1v) is 9.44. The number of benzene rings is 2. The van der Waals surface area contributed by atoms with E-state index in [1.807, 2.05) is 35.2 Å². The van der Waals surface area contributed by atoms with E-state index in [-0.39, 0.29) is 12.5 Å². The van der Waals surface area contributed by atoms with Gasteiger partial charge in [0, 0.05) is 13.1 Å². The van der Waals surface area contributed by atoms with E-state index in [1.54, 1.807) is 0 Å². The second kappa shape index (κ2) is 8.16. The summed E-state index contributed by atoms with van der Waals surface area (Å²) in [5.74, 6) is 1.13. The molecular weight excluding hydrogens is 338 g/mol. The van der Waals surface area contributed by atoms with Crippen LogP contribution in [0.15, 0.2) is 60.9 Å². The number of piperidine rings is 1. The molecule has 1 fully saturated rings. The Morgan fingerprint density at radius 3 is 2.56 bits per heavy atom. The summed E-state index contributed by atoms with van der Waals surface area (Å²) in [6.45, 7) is 1.61. The molecule has 5 heteroatoms. The number of hydrogen-bond donors (Lipinski definition) is 0. The average Bonchev–Trinajstić information content (AvgIpc) is 2.73. The molecule has 1 aliphatic rings. The van der Waals surface area contributed by atoms with Gasteiger partial charge in [-0.3, -0.25) is 4.79 Å². The van der Waals surface area contributed by atoms with E-state index in [2.05, 4.69) is 34.2 Å². The van der Waals surface area contributed by atoms with Crippen molar-refractivity contribution in [2.24, 2.45) is 5.92 Å². The number of amides is 1. The summed E-state index contributed by atoms with van der Waals surface area (Å²) in [6, 6.07) is 18.2. The van der Waals surface area contributed by atoms with Gasteiger partial charge in [-0.2, -0.15) is 0 Å². The van der Waals surface area contributed by atoms with Gasteiger partial charge in [-0.25, -0.2) is 9.97 Å². The topological polar surface area (TPSA) is 55.3 Å². The van der Waals surface area contributed by atoms with Crippen molar-refractivity contribution in [2.45, 2.75) is 19.3 Å². The molecule has 1 aliphatic heterocycles. The minimum absolute atomic E-state index is 0.0182. The van der Waals surface area contributed by atoms with Crippen LogP contribution in [0.25, 0.3) is 10.9 Å². The summed E-state index contributed by atoms with van der Waals surface area (Å²) in [6.07, 6.45) is 4.64. The second-order valence-corrected chi connectivity index (χ2v) is 7.00. The summed E-state index contributed by atoms with van der Waals surface area (Å²) < 4.78 is 5.71. The quantitative estimate of drug-likeness (QED) is 0.698. The van der Waals surface area contributed by atoms with E-state index in [0.717, 1.165) is 43.3 Å². The molecule has 5 nitrogen and oxygen atoms in total. The van der Waals surface area contributed by atoms with Crippen LogP contribution < -0.4 is 4.74 Å². The van der Waals surface area contributed by atoms with Crippen LogP contribution in [0.1, 0.15) is 18.4 Å². The van der Waals surface area contributed by atoms with Crippen molar-refractivity contribution in [3.63, 3.8) is 0 Å². The zero-order valence-electron chi connectivity index (χ0n) is 15.3. The number of ether oxygens (including phenoxy) is 1. The molecule has 0 aliphatic carbocycles. The Kier molecular flexibility index (Phi) is 5.28. The minimum atomic E-state index is 0.0182. The highest BCUT2D eigenvalue weighted by Crippen LogP contribution is 2.23. The van der Waals surface area contributed by atoms with Gasteiger partial charge in [0.2, 0.25) is 5.88 Å². The van der Waals surface area contributed by atoms with E-state index in [9.17, 15) is 4.79 Å². The normalized spacial score (nSPS) is 15.0. The zero-order valence-corrected chi connectivity index (χ0v) is 15.3. The molecule has 0 spiro atoms. The van der Waals surface area contributed by atoms with Crippen LogP contribution in [0.3, 0.4) is 0 Å². The smallest absolute Gasteiger partial charge is 0.260 e. The number of aromatic nitrogens is 2. The maximum absolute atomic E-state index is 12.5. The van der Waals surface area contributed by atoms with Crippen LogP contribution in [0.4, 0.5) is 0 Å². The molecule has 3 aromatic rings. The predicted molar refractivity (Wildman–Crippen MR) is 104 cm³/mol. The fourth-order valence-corrected chi connectivity index (χ4v) is 3.65. The van der Waals surface area contributed by atoms with Crippen LogP contribution in [0.2, 0.25) is 0 Å². The van der Waals surface area contributed by atoms with Gasteiger partial charge in [-0.15, -0.1) is 0 Å². The first-order valence-electron chi connectivity index (χ1n) is 9.44. The van der Waals surface area contributed by atoms with Crippen LogP contribution in [0, 0.1) is 5.92 Å². The largest absolute Gasteiger partial charge is 0.467 e. The third-order valence-corrected chi connectivity index (χ3v) is 5.17. The summed E-state index contributed by atoms with van der Waals surface area (Å²) in [7, 11) is 0. The van der Waals surface area contributed by atoms with Crippen molar-refractivity contribution in [1.29, 1.82) is 0 Å². The lowest BCUT2D eigenvalue weighted by Crippen LogP contribution is -2.41. The maximum Gasteiger partial charge on any atom is 0.260 e. The SMILES string of the molecule is O=C(COc1ncnc2ccccc12)N1CCC(Cc2ccccc2)CC1. The van der Waals surface area contributed by atoms with Gasteiger partial charge < -0.3 is 9.64 Å². The first kappa shape index (κ1) is 17.5. The molecule has 4 rings (SSSR count). The second-order valence-electron chi connectivity index (χ2n) is 7.00. The van der Waals surface area contributed by atoms with Gasteiger partial charge in [0.1, 0.15) is 6.33 Å². The van der Waals surface area contributed by atoms with E-state index >= 15 is 0 Å². The minimum Gasteiger partial charge on any atom is -0.467 e. The molecule has 0 unspecified atom stereocenters. The third kappa shape index (κ3) is 4.25. The Morgan fingerprint density at radius 2 is 1.74 bits per heavy atom. The number of carbonyl (C=O) groups is 1. The third-order valence-electron chi connectivity index (χ3n) is 5.17. The van der Waals surface area contributed by atoms with Crippen molar-refractivity contribution < 1.29 is 9.53 Å². The Bertz CT molecular complexity index is 900. The molecule has 0 atom stereocenters. The van der Waals surface area contributed by atoms with Gasteiger partial charge in [0.05, 0.1) is 10.9 Å². The number of likely N-dealkylation sites (tertiary alicyclic amines) is 1. The fourth-order valence-electron chi connectivity index (χ4n) is 3.65. The van der Waals surface area contributed by atoms with Gasteiger partial charge in [-0.05, 0) is 42.9 Å². The fraction of sp³-hybridized carbons (Fsp3) is 0.318. The highest BCUT2D eigenvalue weighted by atomic mass is 16.5. The van der Waals surface area contributed by atoms with E-state index in [4.69, 9.17) is 4.74 Å². The van der Waals surface area contributed by atoms with Gasteiger partial charge in [0.25, 0.3) is 5.91 Å². The highest BCUT2D eigenvalue weighted by molar-refractivity contribution is 5.84. The Balaban J connectivity index is 1.29. The number of nitrogens with zero attached hydrogens (tertiary/aromatic N) is 3. The van der Waals surface area contributed by atoms with Gasteiger partial charge >= 0.3 is 0 Å². The van der Waals surface area contributed by atoms with Crippen LogP contribution in [-0.2, 0) is 11.2 Å². The monoisotopic (exact) mass is 361 g/mol. The summed E-state index contributed by atoms with van der Waals surface area (Å²) in [5, 5.41) is 0.828. The number of para-hydroxylation sites is 1. The lowest BCUT2D eigenvalue weighted by Gasteiger charge is -2.32. The van der Waals surface area contributed by atoms with Gasteiger partial charge in [-0.1, -0.05) is 42.5 Å².